The summed E-state index contributed by atoms with van der Waals surface area (Å²) in [6.07, 6.45) is 0.476. The van der Waals surface area contributed by atoms with E-state index in [2.05, 4.69) is 44.3 Å². The van der Waals surface area contributed by atoms with Crippen LogP contribution in [0.5, 0.6) is 0 Å². The number of hydrogen-bond donors (Lipinski definition) is 1. The summed E-state index contributed by atoms with van der Waals surface area (Å²) < 4.78 is 20.1. The number of piperidine rings is 1. The van der Waals surface area contributed by atoms with Crippen molar-refractivity contribution in [3.05, 3.63) is 58.9 Å². The smallest absolute Gasteiger partial charge is 0.255 e. The van der Waals surface area contributed by atoms with Crippen molar-refractivity contribution < 1.29 is 23.5 Å². The molecule has 0 saturated carbocycles. The quantitative estimate of drug-likeness (QED) is 0.600. The summed E-state index contributed by atoms with van der Waals surface area (Å²) in [6, 6.07) is 10.8. The van der Waals surface area contributed by atoms with Gasteiger partial charge < -0.3 is 19.4 Å². The number of rotatable bonds is 5. The summed E-state index contributed by atoms with van der Waals surface area (Å²) in [5.74, 6) is -1.60. The molecular weight excluding hydrogens is 489 g/mol. The summed E-state index contributed by atoms with van der Waals surface area (Å²) in [7, 11) is 0. The van der Waals surface area contributed by atoms with Gasteiger partial charge in [0.1, 0.15) is 11.9 Å². The molecule has 0 radical (unpaired) electrons. The average molecular weight is 522 g/mol. The molecule has 0 aliphatic carbocycles. The van der Waals surface area contributed by atoms with E-state index in [9.17, 15) is 18.8 Å². The number of halogens is 1. The number of ether oxygens (including phenoxy) is 1. The monoisotopic (exact) mass is 521 g/mol. The zero-order chi connectivity index (χ0) is 26.2. The van der Waals surface area contributed by atoms with Crippen molar-refractivity contribution in [3.8, 4) is 0 Å². The molecule has 0 aromatic heterocycles. The molecule has 2 aromatic rings. The molecule has 0 spiro atoms. The number of amides is 3. The second-order valence-corrected chi connectivity index (χ2v) is 10.4. The number of carbonyl (C=O) groups excluding carboxylic acids is 3. The molecule has 10 heteroatoms. The molecule has 4 aliphatic rings. The van der Waals surface area contributed by atoms with Crippen LogP contribution in [0.3, 0.4) is 0 Å². The van der Waals surface area contributed by atoms with Crippen LogP contribution in [0.2, 0.25) is 0 Å². The lowest BCUT2D eigenvalue weighted by Crippen LogP contribution is -2.52. The Labute approximate surface area is 221 Å². The molecule has 200 valence electrons. The van der Waals surface area contributed by atoms with Gasteiger partial charge in [0.05, 0.1) is 13.2 Å². The summed E-state index contributed by atoms with van der Waals surface area (Å²) in [6.45, 7) is 7.54. The minimum atomic E-state index is -0.713. The minimum absolute atomic E-state index is 0.190. The zero-order valence-corrected chi connectivity index (χ0v) is 21.3. The van der Waals surface area contributed by atoms with Gasteiger partial charge in [-0.05, 0) is 36.2 Å². The third-order valence-corrected chi connectivity index (χ3v) is 8.03. The van der Waals surface area contributed by atoms with Gasteiger partial charge in [0.2, 0.25) is 11.8 Å². The predicted octanol–water partition coefficient (Wildman–Crippen LogP) is 1.75. The molecule has 3 fully saturated rings. The van der Waals surface area contributed by atoms with Crippen molar-refractivity contribution in [2.24, 2.45) is 0 Å². The highest BCUT2D eigenvalue weighted by Crippen LogP contribution is 2.35. The number of fused-ring (bicyclic) bond motifs is 1. The molecule has 2 aromatic carbocycles. The van der Waals surface area contributed by atoms with Gasteiger partial charge in [0.25, 0.3) is 5.91 Å². The number of hydrogen-bond acceptors (Lipinski definition) is 7. The Morgan fingerprint density at radius 3 is 2.37 bits per heavy atom. The first kappa shape index (κ1) is 24.8. The van der Waals surface area contributed by atoms with E-state index in [0.717, 1.165) is 57.2 Å². The Bertz CT molecular complexity index is 1240. The van der Waals surface area contributed by atoms with Crippen molar-refractivity contribution >= 4 is 29.1 Å². The van der Waals surface area contributed by atoms with Gasteiger partial charge in [-0.3, -0.25) is 24.6 Å². The van der Waals surface area contributed by atoms with Crippen LogP contribution in [0.4, 0.5) is 15.8 Å². The highest BCUT2D eigenvalue weighted by Gasteiger charge is 2.41. The number of carbonyl (C=O) groups is 3. The van der Waals surface area contributed by atoms with Crippen molar-refractivity contribution in [1.29, 1.82) is 0 Å². The van der Waals surface area contributed by atoms with E-state index in [4.69, 9.17) is 4.74 Å². The maximum Gasteiger partial charge on any atom is 0.255 e. The molecule has 4 aliphatic heterocycles. The summed E-state index contributed by atoms with van der Waals surface area (Å²) in [5, 5.41) is 2.32. The van der Waals surface area contributed by atoms with Crippen molar-refractivity contribution in [2.45, 2.75) is 32.0 Å². The Hall–Kier alpha value is -3.50. The second-order valence-electron chi connectivity index (χ2n) is 10.4. The van der Waals surface area contributed by atoms with E-state index in [1.807, 2.05) is 0 Å². The van der Waals surface area contributed by atoms with Crippen LogP contribution in [0.15, 0.2) is 36.4 Å². The normalized spacial score (nSPS) is 22.6. The lowest BCUT2D eigenvalue weighted by atomic mass is 10.0. The van der Waals surface area contributed by atoms with E-state index in [-0.39, 0.29) is 31.2 Å². The van der Waals surface area contributed by atoms with Gasteiger partial charge in [-0.2, -0.15) is 0 Å². The van der Waals surface area contributed by atoms with Crippen LogP contribution >= 0.6 is 0 Å². The Morgan fingerprint density at radius 2 is 1.66 bits per heavy atom. The minimum Gasteiger partial charge on any atom is -0.378 e. The molecule has 6 rings (SSSR count). The van der Waals surface area contributed by atoms with E-state index in [0.29, 0.717) is 18.7 Å². The van der Waals surface area contributed by atoms with Crippen molar-refractivity contribution in [1.82, 2.24) is 15.1 Å². The fourth-order valence-electron chi connectivity index (χ4n) is 5.93. The number of benzene rings is 2. The highest BCUT2D eigenvalue weighted by molar-refractivity contribution is 6.06. The van der Waals surface area contributed by atoms with Crippen molar-refractivity contribution in [2.75, 3.05) is 62.3 Å². The molecular formula is C28H32FN5O4. The van der Waals surface area contributed by atoms with E-state index in [1.54, 1.807) is 0 Å². The molecule has 0 bridgehead atoms. The SMILES string of the molecule is O=C1CCC(N2Cc3c(cc(F)cc3N3CCN(Cc4ccc(N5CCOCC5)cc4)CC3)C2=O)C(=O)N1. The largest absolute Gasteiger partial charge is 0.378 e. The van der Waals surface area contributed by atoms with E-state index >= 15 is 0 Å². The van der Waals surface area contributed by atoms with Crippen LogP contribution in [0.25, 0.3) is 0 Å². The Balaban J connectivity index is 1.10. The third kappa shape index (κ3) is 4.86. The molecule has 1 unspecified atom stereocenters. The van der Waals surface area contributed by atoms with Gasteiger partial charge in [0.15, 0.2) is 0 Å². The average Bonchev–Trinajstić information content (AvgIpc) is 3.25. The first-order valence-corrected chi connectivity index (χ1v) is 13.3. The van der Waals surface area contributed by atoms with Gasteiger partial charge in [-0.25, -0.2) is 4.39 Å². The summed E-state index contributed by atoms with van der Waals surface area (Å²) >= 11 is 0. The molecule has 3 saturated heterocycles. The fraction of sp³-hybridized carbons (Fsp3) is 0.464. The van der Waals surface area contributed by atoms with E-state index in [1.165, 1.54) is 28.3 Å². The van der Waals surface area contributed by atoms with Crippen LogP contribution < -0.4 is 15.1 Å². The Morgan fingerprint density at radius 1 is 0.921 bits per heavy atom. The molecule has 38 heavy (non-hydrogen) atoms. The number of nitrogens with one attached hydrogen (secondary N) is 1. The fourth-order valence-corrected chi connectivity index (χ4v) is 5.93. The van der Waals surface area contributed by atoms with Crippen LogP contribution in [-0.2, 0) is 27.4 Å². The van der Waals surface area contributed by atoms with Gasteiger partial charge >= 0.3 is 0 Å². The molecule has 1 N–H and O–H groups in total. The van der Waals surface area contributed by atoms with E-state index < -0.39 is 17.8 Å². The molecule has 4 heterocycles. The van der Waals surface area contributed by atoms with Gasteiger partial charge in [0, 0.05) is 81.3 Å². The maximum atomic E-state index is 14.6. The number of anilines is 2. The number of imide groups is 1. The number of nitrogens with zero attached hydrogens (tertiary/aromatic N) is 4. The van der Waals surface area contributed by atoms with Crippen LogP contribution in [-0.4, -0.2) is 86.0 Å². The lowest BCUT2D eigenvalue weighted by Gasteiger charge is -2.37. The van der Waals surface area contributed by atoms with Gasteiger partial charge in [-0.15, -0.1) is 0 Å². The highest BCUT2D eigenvalue weighted by atomic mass is 19.1. The maximum absolute atomic E-state index is 14.6. The second kappa shape index (κ2) is 10.3. The summed E-state index contributed by atoms with van der Waals surface area (Å²) in [5.41, 5.74) is 4.27. The zero-order valence-electron chi connectivity index (χ0n) is 21.3. The van der Waals surface area contributed by atoms with Crippen molar-refractivity contribution in [3.63, 3.8) is 0 Å². The molecule has 1 atom stereocenters. The summed E-state index contributed by atoms with van der Waals surface area (Å²) in [4.78, 5) is 45.5. The third-order valence-electron chi connectivity index (χ3n) is 8.03. The topological polar surface area (TPSA) is 85.4 Å². The Kier molecular flexibility index (Phi) is 6.75. The lowest BCUT2D eigenvalue weighted by molar-refractivity contribution is -0.136. The van der Waals surface area contributed by atoms with Gasteiger partial charge in [-0.1, -0.05) is 12.1 Å². The predicted molar refractivity (Wildman–Crippen MR) is 139 cm³/mol. The molecule has 3 amide bonds. The first-order chi connectivity index (χ1) is 18.5. The number of piperazine rings is 1. The standard InChI is InChI=1S/C28H32FN5O4/c29-20-15-22-23(18-34(28(22)37)24-5-6-26(35)30-27(24)36)25(16-20)33-9-7-31(8-10-33)17-19-1-3-21(4-2-19)32-11-13-38-14-12-32/h1-4,15-16,24H,5-14,17-18H2,(H,30,35,36). The number of morpholine rings is 1. The van der Waals surface area contributed by atoms with Crippen LogP contribution in [0, 0.1) is 5.82 Å². The first-order valence-electron chi connectivity index (χ1n) is 13.3. The molecule has 9 nitrogen and oxygen atoms in total. The van der Waals surface area contributed by atoms with Crippen LogP contribution in [0.1, 0.15) is 34.3 Å².